The molecular formula is C25H26F3N5O. The standard InChI is InChI=1S/C25H26F3N5O/c1-15-17-10-19(11-17)33(21(15)13-30-22-9-8-18(12-29-22)25(26,27)28)24(34)23-20(14-32(2)31-23)16-6-4-3-5-7-16/h3-9,12,14-15,17,19,21H,10-11,13H2,1-2H3,(H,29,30). The Kier molecular flexibility index (Phi) is 5.58. The summed E-state index contributed by atoms with van der Waals surface area (Å²) in [6, 6.07) is 12.1. The van der Waals surface area contributed by atoms with Gasteiger partial charge >= 0.3 is 6.18 Å². The minimum atomic E-state index is -4.42. The molecule has 1 aliphatic carbocycles. The second-order valence-electron chi connectivity index (χ2n) is 9.27. The molecule has 2 bridgehead atoms. The lowest BCUT2D eigenvalue weighted by molar-refractivity contribution is -0.137. The number of carbonyl (C=O) groups is 1. The molecule has 1 N–H and O–H groups in total. The summed E-state index contributed by atoms with van der Waals surface area (Å²) in [6.45, 7) is 2.55. The van der Waals surface area contributed by atoms with E-state index in [9.17, 15) is 18.0 Å². The highest BCUT2D eigenvalue weighted by Gasteiger charge is 2.51. The Balaban J connectivity index is 1.39. The van der Waals surface area contributed by atoms with Gasteiger partial charge < -0.3 is 10.2 Å². The maximum absolute atomic E-state index is 13.8. The molecule has 3 fully saturated rings. The van der Waals surface area contributed by atoms with Gasteiger partial charge in [0.25, 0.3) is 5.91 Å². The van der Waals surface area contributed by atoms with Crippen LogP contribution >= 0.6 is 0 Å². The van der Waals surface area contributed by atoms with E-state index in [0.717, 1.165) is 36.2 Å². The van der Waals surface area contributed by atoms with E-state index in [1.807, 2.05) is 41.4 Å². The Morgan fingerprint density at radius 3 is 2.53 bits per heavy atom. The SMILES string of the molecule is CC1C2CC(C2)N(C(=O)c2nn(C)cc2-c2ccccc2)C1CNc1ccc(C(F)(F)F)cn1. The summed E-state index contributed by atoms with van der Waals surface area (Å²) >= 11 is 0. The molecule has 6 rings (SSSR count). The quantitative estimate of drug-likeness (QED) is 0.580. The molecule has 0 radical (unpaired) electrons. The van der Waals surface area contributed by atoms with Gasteiger partial charge in [-0.3, -0.25) is 9.48 Å². The van der Waals surface area contributed by atoms with Crippen LogP contribution < -0.4 is 5.32 Å². The fourth-order valence-corrected chi connectivity index (χ4v) is 5.20. The summed E-state index contributed by atoms with van der Waals surface area (Å²) in [6.07, 6.45) is 0.198. The van der Waals surface area contributed by atoms with Crippen LogP contribution in [0.2, 0.25) is 0 Å². The number of benzene rings is 1. The number of carbonyl (C=O) groups excluding carboxylic acids is 1. The number of fused-ring (bicyclic) bond motifs is 2. The maximum atomic E-state index is 13.8. The summed E-state index contributed by atoms with van der Waals surface area (Å²) in [5, 5.41) is 7.66. The molecular weight excluding hydrogens is 443 g/mol. The van der Waals surface area contributed by atoms with Gasteiger partial charge in [0.05, 0.1) is 11.6 Å². The van der Waals surface area contributed by atoms with E-state index in [0.29, 0.717) is 24.0 Å². The van der Waals surface area contributed by atoms with E-state index in [2.05, 4.69) is 22.3 Å². The number of aryl methyl sites for hydroxylation is 1. The lowest BCUT2D eigenvalue weighted by Crippen LogP contribution is -2.64. The van der Waals surface area contributed by atoms with Gasteiger partial charge in [-0.1, -0.05) is 37.3 Å². The molecule has 3 aliphatic rings. The Morgan fingerprint density at radius 1 is 1.15 bits per heavy atom. The smallest absolute Gasteiger partial charge is 0.368 e. The van der Waals surface area contributed by atoms with Crippen LogP contribution in [0.15, 0.2) is 54.9 Å². The first kappa shape index (κ1) is 22.4. The zero-order chi connectivity index (χ0) is 24.0. The van der Waals surface area contributed by atoms with E-state index < -0.39 is 11.7 Å². The number of amides is 1. The number of piperidine rings is 2. The van der Waals surface area contributed by atoms with Crippen molar-refractivity contribution in [1.29, 1.82) is 0 Å². The van der Waals surface area contributed by atoms with Crippen LogP contribution in [0.3, 0.4) is 0 Å². The highest BCUT2D eigenvalue weighted by Crippen LogP contribution is 2.47. The number of hydrogen-bond acceptors (Lipinski definition) is 4. The number of alkyl halides is 3. The van der Waals surface area contributed by atoms with Gasteiger partial charge in [0.15, 0.2) is 5.69 Å². The van der Waals surface area contributed by atoms with Gasteiger partial charge in [-0.15, -0.1) is 0 Å². The van der Waals surface area contributed by atoms with Crippen LogP contribution in [0.5, 0.6) is 0 Å². The summed E-state index contributed by atoms with van der Waals surface area (Å²) in [5.41, 5.74) is 1.35. The van der Waals surface area contributed by atoms with Crippen LogP contribution in [0.1, 0.15) is 35.8 Å². The van der Waals surface area contributed by atoms with Gasteiger partial charge in [0.2, 0.25) is 0 Å². The Bertz CT molecular complexity index is 1170. The van der Waals surface area contributed by atoms with Gasteiger partial charge in [0, 0.05) is 37.6 Å². The van der Waals surface area contributed by atoms with Crippen molar-refractivity contribution in [2.45, 2.75) is 38.0 Å². The average Bonchev–Trinajstić information content (AvgIpc) is 3.18. The number of anilines is 1. The molecule has 6 nitrogen and oxygen atoms in total. The first-order valence-corrected chi connectivity index (χ1v) is 11.4. The van der Waals surface area contributed by atoms with Crippen molar-refractivity contribution in [3.63, 3.8) is 0 Å². The van der Waals surface area contributed by atoms with Crippen molar-refractivity contribution in [2.24, 2.45) is 18.9 Å². The molecule has 1 saturated carbocycles. The predicted octanol–water partition coefficient (Wildman–Crippen LogP) is 4.85. The van der Waals surface area contributed by atoms with Crippen LogP contribution in [0, 0.1) is 11.8 Å². The number of pyridine rings is 1. The summed E-state index contributed by atoms with van der Waals surface area (Å²) in [7, 11) is 1.80. The highest BCUT2D eigenvalue weighted by molar-refractivity contribution is 5.99. The van der Waals surface area contributed by atoms with Crippen molar-refractivity contribution in [3.8, 4) is 11.1 Å². The lowest BCUT2D eigenvalue weighted by atomic mass is 9.64. The monoisotopic (exact) mass is 469 g/mol. The van der Waals surface area contributed by atoms with Crippen molar-refractivity contribution in [2.75, 3.05) is 11.9 Å². The molecule has 0 spiro atoms. The number of nitrogens with one attached hydrogen (secondary N) is 1. The maximum Gasteiger partial charge on any atom is 0.417 e. The third-order valence-electron chi connectivity index (χ3n) is 7.18. The largest absolute Gasteiger partial charge is 0.417 e. The minimum Gasteiger partial charge on any atom is -0.368 e. The second-order valence-corrected chi connectivity index (χ2v) is 9.27. The fourth-order valence-electron chi connectivity index (χ4n) is 5.20. The number of hydrogen-bond donors (Lipinski definition) is 1. The van der Waals surface area contributed by atoms with E-state index >= 15 is 0 Å². The van der Waals surface area contributed by atoms with Crippen LogP contribution in [0.25, 0.3) is 11.1 Å². The third-order valence-corrected chi connectivity index (χ3v) is 7.18. The molecule has 3 aromatic rings. The predicted molar refractivity (Wildman–Crippen MR) is 122 cm³/mol. The molecule has 34 heavy (non-hydrogen) atoms. The molecule has 2 unspecified atom stereocenters. The average molecular weight is 470 g/mol. The summed E-state index contributed by atoms with van der Waals surface area (Å²) in [5.74, 6) is 1.04. The molecule has 1 aromatic carbocycles. The molecule has 178 valence electrons. The number of nitrogens with zero attached hydrogens (tertiary/aromatic N) is 4. The van der Waals surface area contributed by atoms with Gasteiger partial charge in [-0.2, -0.15) is 18.3 Å². The van der Waals surface area contributed by atoms with Crippen LogP contribution in [0.4, 0.5) is 19.0 Å². The van der Waals surface area contributed by atoms with Crippen molar-refractivity contribution < 1.29 is 18.0 Å². The zero-order valence-electron chi connectivity index (χ0n) is 19.0. The Hall–Kier alpha value is -3.36. The molecule has 2 saturated heterocycles. The first-order chi connectivity index (χ1) is 16.2. The van der Waals surface area contributed by atoms with Gasteiger partial charge in [0.1, 0.15) is 5.82 Å². The first-order valence-electron chi connectivity index (χ1n) is 11.4. The van der Waals surface area contributed by atoms with Gasteiger partial charge in [-0.05, 0) is 42.4 Å². The molecule has 1 amide bonds. The number of aromatic nitrogens is 3. The summed E-state index contributed by atoms with van der Waals surface area (Å²) in [4.78, 5) is 19.7. The highest BCUT2D eigenvalue weighted by atomic mass is 19.4. The molecule has 2 aromatic heterocycles. The number of rotatable bonds is 5. The Labute approximate surface area is 195 Å². The minimum absolute atomic E-state index is 0.110. The fraction of sp³-hybridized carbons (Fsp3) is 0.400. The van der Waals surface area contributed by atoms with E-state index in [-0.39, 0.29) is 23.9 Å². The number of halogens is 3. The van der Waals surface area contributed by atoms with Crippen molar-refractivity contribution in [3.05, 3.63) is 66.1 Å². The van der Waals surface area contributed by atoms with E-state index in [1.165, 1.54) is 6.07 Å². The van der Waals surface area contributed by atoms with Crippen molar-refractivity contribution >= 4 is 11.7 Å². The van der Waals surface area contributed by atoms with Crippen molar-refractivity contribution in [1.82, 2.24) is 19.7 Å². The topological polar surface area (TPSA) is 63.1 Å². The van der Waals surface area contributed by atoms with E-state index in [4.69, 9.17) is 0 Å². The zero-order valence-corrected chi connectivity index (χ0v) is 19.0. The summed E-state index contributed by atoms with van der Waals surface area (Å²) < 4.78 is 40.2. The molecule has 2 aliphatic heterocycles. The normalized spacial score (nSPS) is 24.0. The molecule has 4 heterocycles. The molecule has 9 heteroatoms. The Morgan fingerprint density at radius 2 is 1.88 bits per heavy atom. The van der Waals surface area contributed by atoms with Gasteiger partial charge in [-0.25, -0.2) is 4.98 Å². The van der Waals surface area contributed by atoms with E-state index in [1.54, 1.807) is 11.7 Å². The lowest BCUT2D eigenvalue weighted by Gasteiger charge is -2.57. The molecule has 2 atom stereocenters. The third kappa shape index (κ3) is 4.03. The second kappa shape index (κ2) is 8.45. The van der Waals surface area contributed by atoms with Crippen LogP contribution in [-0.4, -0.2) is 44.2 Å². The van der Waals surface area contributed by atoms with Crippen LogP contribution in [-0.2, 0) is 13.2 Å².